The number of likely N-dealkylation sites (tertiary alicyclic amines) is 1. The number of carbonyl (C=O) groups excluding carboxylic acids is 1. The molecule has 0 bridgehead atoms. The Labute approximate surface area is 143 Å². The van der Waals surface area contributed by atoms with Crippen LogP contribution in [-0.2, 0) is 11.8 Å². The molecular weight excluding hydrogens is 308 g/mol. The van der Waals surface area contributed by atoms with Crippen LogP contribution in [0.25, 0.3) is 0 Å². The van der Waals surface area contributed by atoms with Crippen LogP contribution in [-0.4, -0.2) is 75.5 Å². The van der Waals surface area contributed by atoms with E-state index in [0.29, 0.717) is 31.7 Å². The van der Waals surface area contributed by atoms with Gasteiger partial charge in [0.15, 0.2) is 5.82 Å². The molecule has 2 amide bonds. The smallest absolute Gasteiger partial charge is 0.317 e. The zero-order chi connectivity index (χ0) is 17.3. The van der Waals surface area contributed by atoms with E-state index in [1.807, 2.05) is 16.5 Å². The monoisotopic (exact) mass is 336 g/mol. The van der Waals surface area contributed by atoms with Crippen LogP contribution in [0.3, 0.4) is 0 Å². The lowest BCUT2D eigenvalue weighted by atomic mass is 10.1. The molecule has 24 heavy (non-hydrogen) atoms. The second kappa shape index (κ2) is 7.06. The number of hydrogen-bond donors (Lipinski definition) is 1. The molecular formula is C16H28N6O2. The van der Waals surface area contributed by atoms with Gasteiger partial charge in [-0.15, -0.1) is 10.2 Å². The second-order valence-electron chi connectivity index (χ2n) is 7.19. The Morgan fingerprint density at radius 1 is 1.38 bits per heavy atom. The second-order valence-corrected chi connectivity index (χ2v) is 7.19. The lowest BCUT2D eigenvalue weighted by Gasteiger charge is -2.33. The summed E-state index contributed by atoms with van der Waals surface area (Å²) in [7, 11) is 1.89. The van der Waals surface area contributed by atoms with Crippen LogP contribution < -0.4 is 5.32 Å². The number of carbonyl (C=O) groups is 1. The van der Waals surface area contributed by atoms with Crippen LogP contribution in [0.1, 0.15) is 32.7 Å². The van der Waals surface area contributed by atoms with Crippen LogP contribution in [0.15, 0.2) is 6.33 Å². The molecule has 0 radical (unpaired) electrons. The van der Waals surface area contributed by atoms with E-state index in [1.165, 1.54) is 0 Å². The SMILES string of the molecule is CC(C)N1C[C@@H](C)[C@@H](NC(=O)N2CCO[C@@H](c3nncn3C)C2)C1. The molecule has 3 heterocycles. The maximum atomic E-state index is 12.7. The highest BCUT2D eigenvalue weighted by Crippen LogP contribution is 2.22. The molecule has 2 aliphatic rings. The normalized spacial score (nSPS) is 28.5. The standard InChI is InChI=1S/C16H28N6O2/c1-11(2)22-7-12(3)13(8-22)18-16(23)21-5-6-24-14(9-21)15-19-17-10-20(15)4/h10-14H,5-9H2,1-4H3,(H,18,23)/t12-,13+,14-/m1/s1. The summed E-state index contributed by atoms with van der Waals surface area (Å²) in [4.78, 5) is 16.9. The van der Waals surface area contributed by atoms with Gasteiger partial charge in [0.25, 0.3) is 0 Å². The minimum atomic E-state index is -0.217. The van der Waals surface area contributed by atoms with Gasteiger partial charge in [0.1, 0.15) is 12.4 Å². The molecule has 8 nitrogen and oxygen atoms in total. The van der Waals surface area contributed by atoms with Crippen molar-refractivity contribution in [3.05, 3.63) is 12.2 Å². The van der Waals surface area contributed by atoms with Crippen molar-refractivity contribution in [1.29, 1.82) is 0 Å². The van der Waals surface area contributed by atoms with Crippen LogP contribution in [0.5, 0.6) is 0 Å². The van der Waals surface area contributed by atoms with Crippen molar-refractivity contribution in [2.75, 3.05) is 32.8 Å². The Morgan fingerprint density at radius 2 is 2.17 bits per heavy atom. The molecule has 0 saturated carbocycles. The molecule has 1 aromatic rings. The summed E-state index contributed by atoms with van der Waals surface area (Å²) >= 11 is 0. The first-order chi connectivity index (χ1) is 11.5. The van der Waals surface area contributed by atoms with Gasteiger partial charge in [-0.3, -0.25) is 4.90 Å². The zero-order valence-corrected chi connectivity index (χ0v) is 15.0. The minimum Gasteiger partial charge on any atom is -0.366 e. The van der Waals surface area contributed by atoms with Crippen molar-refractivity contribution in [2.45, 2.75) is 39.0 Å². The van der Waals surface area contributed by atoms with Gasteiger partial charge < -0.3 is 19.5 Å². The number of amides is 2. The lowest BCUT2D eigenvalue weighted by molar-refractivity contribution is -0.0218. The van der Waals surface area contributed by atoms with Crippen molar-refractivity contribution in [3.63, 3.8) is 0 Å². The molecule has 1 N–H and O–H groups in total. The maximum Gasteiger partial charge on any atom is 0.317 e. The summed E-state index contributed by atoms with van der Waals surface area (Å²) in [6.45, 7) is 10.2. The lowest BCUT2D eigenvalue weighted by Crippen LogP contribution is -2.51. The molecule has 3 rings (SSSR count). The Hall–Kier alpha value is -1.67. The fourth-order valence-corrected chi connectivity index (χ4v) is 3.44. The van der Waals surface area contributed by atoms with Crippen molar-refractivity contribution >= 4 is 6.03 Å². The third kappa shape index (κ3) is 3.54. The number of ether oxygens (including phenoxy) is 1. The number of hydrogen-bond acceptors (Lipinski definition) is 5. The Morgan fingerprint density at radius 3 is 2.79 bits per heavy atom. The van der Waals surface area contributed by atoms with Gasteiger partial charge in [-0.05, 0) is 19.8 Å². The summed E-state index contributed by atoms with van der Waals surface area (Å²) in [5.41, 5.74) is 0. The maximum absolute atomic E-state index is 12.7. The van der Waals surface area contributed by atoms with E-state index in [2.05, 4.69) is 41.2 Å². The van der Waals surface area contributed by atoms with Gasteiger partial charge in [0, 0.05) is 38.8 Å². The predicted octanol–water partition coefficient (Wildman–Crippen LogP) is 0.627. The quantitative estimate of drug-likeness (QED) is 0.876. The van der Waals surface area contributed by atoms with Crippen LogP contribution >= 0.6 is 0 Å². The number of morpholine rings is 1. The van der Waals surface area contributed by atoms with Crippen molar-refractivity contribution in [3.8, 4) is 0 Å². The van der Waals surface area contributed by atoms with Crippen molar-refractivity contribution < 1.29 is 9.53 Å². The summed E-state index contributed by atoms with van der Waals surface area (Å²) in [5, 5.41) is 11.2. The minimum absolute atomic E-state index is 0.00655. The molecule has 1 aromatic heterocycles. The van der Waals surface area contributed by atoms with Gasteiger partial charge in [0.2, 0.25) is 0 Å². The predicted molar refractivity (Wildman–Crippen MR) is 89.5 cm³/mol. The summed E-state index contributed by atoms with van der Waals surface area (Å²) in [6, 6.07) is 0.710. The molecule has 0 aromatic carbocycles. The number of nitrogens with one attached hydrogen (secondary N) is 1. The first-order valence-corrected chi connectivity index (χ1v) is 8.70. The molecule has 2 fully saturated rings. The third-order valence-corrected chi connectivity index (χ3v) is 5.07. The van der Waals surface area contributed by atoms with E-state index in [1.54, 1.807) is 6.33 Å². The van der Waals surface area contributed by atoms with Crippen LogP contribution in [0, 0.1) is 5.92 Å². The molecule has 0 aliphatic carbocycles. The summed E-state index contributed by atoms with van der Waals surface area (Å²) in [6.07, 6.45) is 1.43. The Bertz CT molecular complexity index is 575. The number of aromatic nitrogens is 3. The van der Waals surface area contributed by atoms with E-state index in [0.717, 1.165) is 18.9 Å². The van der Waals surface area contributed by atoms with Crippen molar-refractivity contribution in [1.82, 2.24) is 29.9 Å². The van der Waals surface area contributed by atoms with E-state index < -0.39 is 0 Å². The average Bonchev–Trinajstić information content (AvgIpc) is 3.14. The third-order valence-electron chi connectivity index (χ3n) is 5.07. The Balaban J connectivity index is 1.58. The molecule has 0 unspecified atom stereocenters. The topological polar surface area (TPSA) is 75.5 Å². The zero-order valence-electron chi connectivity index (χ0n) is 15.0. The molecule has 2 aliphatic heterocycles. The van der Waals surface area contributed by atoms with Gasteiger partial charge in [-0.1, -0.05) is 6.92 Å². The molecule has 3 atom stereocenters. The highest BCUT2D eigenvalue weighted by atomic mass is 16.5. The van der Waals surface area contributed by atoms with Gasteiger partial charge >= 0.3 is 6.03 Å². The van der Waals surface area contributed by atoms with Crippen LogP contribution in [0.4, 0.5) is 4.79 Å². The number of rotatable bonds is 3. The fraction of sp³-hybridized carbons (Fsp3) is 0.812. The van der Waals surface area contributed by atoms with Crippen LogP contribution in [0.2, 0.25) is 0 Å². The van der Waals surface area contributed by atoms with E-state index >= 15 is 0 Å². The first-order valence-electron chi connectivity index (χ1n) is 8.70. The summed E-state index contributed by atoms with van der Waals surface area (Å²) in [5.74, 6) is 1.22. The number of nitrogens with zero attached hydrogens (tertiary/aromatic N) is 5. The molecule has 0 spiro atoms. The van der Waals surface area contributed by atoms with Crippen molar-refractivity contribution in [2.24, 2.45) is 13.0 Å². The van der Waals surface area contributed by atoms with Gasteiger partial charge in [-0.25, -0.2) is 4.79 Å². The molecule has 8 heteroatoms. The average molecular weight is 336 g/mol. The Kier molecular flexibility index (Phi) is 5.05. The highest BCUT2D eigenvalue weighted by molar-refractivity contribution is 5.74. The van der Waals surface area contributed by atoms with E-state index in [4.69, 9.17) is 4.74 Å². The van der Waals surface area contributed by atoms with E-state index in [9.17, 15) is 4.79 Å². The number of urea groups is 1. The van der Waals surface area contributed by atoms with Gasteiger partial charge in [-0.2, -0.15) is 0 Å². The number of aryl methyl sites for hydroxylation is 1. The largest absolute Gasteiger partial charge is 0.366 e. The summed E-state index contributed by atoms with van der Waals surface area (Å²) < 4.78 is 7.61. The first kappa shape index (κ1) is 17.2. The fourth-order valence-electron chi connectivity index (χ4n) is 3.44. The van der Waals surface area contributed by atoms with Gasteiger partial charge in [0.05, 0.1) is 13.2 Å². The highest BCUT2D eigenvalue weighted by Gasteiger charge is 2.34. The molecule has 2 saturated heterocycles. The van der Waals surface area contributed by atoms with E-state index in [-0.39, 0.29) is 18.2 Å². The molecule has 134 valence electrons.